The molecular weight excluding hydrogens is 237 g/mol. The summed E-state index contributed by atoms with van der Waals surface area (Å²) in [6, 6.07) is 0. The number of rotatable bonds is 1. The first-order chi connectivity index (χ1) is 4.99. The van der Waals surface area contributed by atoms with Gasteiger partial charge in [0.1, 0.15) is 0 Å². The Labute approximate surface area is 77.0 Å². The lowest BCUT2D eigenvalue weighted by atomic mass is 10.2. The normalized spacial score (nSPS) is 39.4. The maximum atomic E-state index is 10.5. The first-order valence-corrected chi connectivity index (χ1v) is 4.28. The second-order valence-corrected chi connectivity index (χ2v) is 3.89. The van der Waals surface area contributed by atoms with E-state index in [4.69, 9.17) is 16.9 Å². The van der Waals surface area contributed by atoms with Crippen LogP contribution in [0.25, 0.3) is 0 Å². The van der Waals surface area contributed by atoms with Crippen LogP contribution in [0.4, 0.5) is 0 Å². The molecule has 0 bridgehead atoms. The molecule has 0 saturated carbocycles. The molecule has 0 amide bonds. The van der Waals surface area contributed by atoms with E-state index in [1.54, 1.807) is 0 Å². The summed E-state index contributed by atoms with van der Waals surface area (Å²) in [5, 5.41) is 18.1. The number of nitrogens with zero attached hydrogens (tertiary/aromatic N) is 1. The van der Waals surface area contributed by atoms with Crippen molar-refractivity contribution >= 4 is 33.7 Å². The van der Waals surface area contributed by atoms with E-state index in [1.165, 1.54) is 0 Å². The van der Waals surface area contributed by atoms with Gasteiger partial charge in [0.2, 0.25) is 5.72 Å². The molecule has 0 aromatic carbocycles. The summed E-state index contributed by atoms with van der Waals surface area (Å²) in [7, 11) is 0. The monoisotopic (exact) mass is 243 g/mol. The van der Waals surface area contributed by atoms with E-state index in [0.29, 0.717) is 13.0 Å². The Hall–Kier alpha value is 0.160. The third-order valence-corrected chi connectivity index (χ3v) is 3.22. The largest absolute Gasteiger partial charge is 0.478 e. The molecule has 1 heterocycles. The number of hydrogen-bond donors (Lipinski definition) is 2. The van der Waals surface area contributed by atoms with Gasteiger partial charge in [-0.15, -0.1) is 0 Å². The average molecular weight is 244 g/mol. The van der Waals surface area contributed by atoms with Crippen LogP contribution in [0, 0.1) is 0 Å². The van der Waals surface area contributed by atoms with Crippen LogP contribution in [0.1, 0.15) is 6.42 Å². The fourth-order valence-corrected chi connectivity index (χ4v) is 2.04. The van der Waals surface area contributed by atoms with Crippen molar-refractivity contribution in [2.45, 2.75) is 17.0 Å². The molecular formula is C5H7BrClNO3. The summed E-state index contributed by atoms with van der Waals surface area (Å²) < 4.78 is 0.898. The first-order valence-electron chi connectivity index (χ1n) is 3.03. The molecule has 1 aliphatic rings. The zero-order chi connectivity index (χ0) is 8.65. The molecule has 6 heteroatoms. The highest BCUT2D eigenvalue weighted by atomic mass is 79.9. The fraction of sp³-hybridized carbons (Fsp3) is 0.800. The van der Waals surface area contributed by atoms with Gasteiger partial charge >= 0.3 is 5.97 Å². The number of aliphatic carboxylic acids is 1. The summed E-state index contributed by atoms with van der Waals surface area (Å²) in [5.41, 5.74) is -1.96. The van der Waals surface area contributed by atoms with Crippen molar-refractivity contribution in [2.75, 3.05) is 6.54 Å². The summed E-state index contributed by atoms with van der Waals surface area (Å²) in [4.78, 5) is 10.0. The van der Waals surface area contributed by atoms with Gasteiger partial charge in [-0.1, -0.05) is 15.9 Å². The van der Waals surface area contributed by atoms with E-state index < -0.39 is 16.5 Å². The zero-order valence-electron chi connectivity index (χ0n) is 5.50. The van der Waals surface area contributed by atoms with Gasteiger partial charge in [-0.25, -0.2) is 4.79 Å². The Morgan fingerprint density at radius 2 is 2.36 bits per heavy atom. The van der Waals surface area contributed by atoms with Crippen molar-refractivity contribution in [3.63, 3.8) is 0 Å². The van der Waals surface area contributed by atoms with Gasteiger partial charge in [-0.05, 0) is 18.2 Å². The Morgan fingerprint density at radius 3 is 2.55 bits per heavy atom. The minimum Gasteiger partial charge on any atom is -0.478 e. The van der Waals surface area contributed by atoms with Crippen LogP contribution >= 0.6 is 27.7 Å². The van der Waals surface area contributed by atoms with E-state index in [2.05, 4.69) is 15.9 Å². The topological polar surface area (TPSA) is 60.8 Å². The predicted molar refractivity (Wildman–Crippen MR) is 42.5 cm³/mol. The van der Waals surface area contributed by atoms with Crippen LogP contribution in [-0.4, -0.2) is 37.7 Å². The van der Waals surface area contributed by atoms with Crippen LogP contribution in [0.15, 0.2) is 0 Å². The molecule has 0 spiro atoms. The number of hydrogen-bond acceptors (Lipinski definition) is 3. The Kier molecular flexibility index (Phi) is 2.43. The van der Waals surface area contributed by atoms with Gasteiger partial charge in [0.05, 0.1) is 4.83 Å². The molecule has 0 radical (unpaired) electrons. The van der Waals surface area contributed by atoms with E-state index in [1.807, 2.05) is 0 Å². The quantitative estimate of drug-likeness (QED) is 0.517. The molecule has 64 valence electrons. The van der Waals surface area contributed by atoms with Crippen molar-refractivity contribution in [3.8, 4) is 0 Å². The minimum absolute atomic E-state index is 0.361. The number of carboxylic acid groups (broad SMARTS) is 1. The average Bonchev–Trinajstić information content (AvgIpc) is 2.18. The van der Waals surface area contributed by atoms with Gasteiger partial charge in [-0.3, -0.25) is 0 Å². The SMILES string of the molecule is O=C(O)C1(O)C(Br)CCN1Cl. The van der Waals surface area contributed by atoms with Crippen LogP contribution < -0.4 is 0 Å². The van der Waals surface area contributed by atoms with Crippen molar-refractivity contribution in [2.24, 2.45) is 0 Å². The standard InChI is InChI=1S/C5H7BrClNO3/c6-3-1-2-8(7)5(3,11)4(9)10/h3,11H,1-2H2,(H,9,10). The maximum Gasteiger partial charge on any atom is 0.353 e. The summed E-state index contributed by atoms with van der Waals surface area (Å²) in [5.74, 6) is -1.33. The molecule has 0 aromatic heterocycles. The lowest BCUT2D eigenvalue weighted by Crippen LogP contribution is -2.51. The van der Waals surface area contributed by atoms with Gasteiger partial charge in [0, 0.05) is 6.54 Å². The van der Waals surface area contributed by atoms with Gasteiger partial charge in [0.15, 0.2) is 0 Å². The van der Waals surface area contributed by atoms with E-state index >= 15 is 0 Å². The number of carbonyl (C=O) groups is 1. The van der Waals surface area contributed by atoms with Crippen molar-refractivity contribution < 1.29 is 15.0 Å². The van der Waals surface area contributed by atoms with E-state index in [9.17, 15) is 9.90 Å². The van der Waals surface area contributed by atoms with Gasteiger partial charge in [-0.2, -0.15) is 4.42 Å². The molecule has 2 atom stereocenters. The Balaban J connectivity index is 2.88. The summed E-state index contributed by atoms with van der Waals surface area (Å²) >= 11 is 8.53. The highest BCUT2D eigenvalue weighted by Gasteiger charge is 2.52. The Morgan fingerprint density at radius 1 is 1.82 bits per heavy atom. The van der Waals surface area contributed by atoms with Crippen LogP contribution in [0.5, 0.6) is 0 Å². The molecule has 2 unspecified atom stereocenters. The summed E-state index contributed by atoms with van der Waals surface area (Å²) in [6.45, 7) is 0.361. The molecule has 4 nitrogen and oxygen atoms in total. The second kappa shape index (κ2) is 2.90. The van der Waals surface area contributed by atoms with Crippen molar-refractivity contribution in [1.29, 1.82) is 0 Å². The predicted octanol–water partition coefficient (Wildman–Crippen LogP) is 0.383. The van der Waals surface area contributed by atoms with Crippen molar-refractivity contribution in [3.05, 3.63) is 0 Å². The van der Waals surface area contributed by atoms with E-state index in [-0.39, 0.29) is 0 Å². The molecule has 1 saturated heterocycles. The fourth-order valence-electron chi connectivity index (χ4n) is 0.988. The lowest BCUT2D eigenvalue weighted by Gasteiger charge is -2.25. The maximum absolute atomic E-state index is 10.5. The molecule has 0 aromatic rings. The summed E-state index contributed by atoms with van der Waals surface area (Å²) in [6.07, 6.45) is 0.520. The number of aliphatic hydroxyl groups is 1. The van der Waals surface area contributed by atoms with Gasteiger partial charge in [0.25, 0.3) is 0 Å². The minimum atomic E-state index is -1.96. The first kappa shape index (κ1) is 9.25. The highest BCUT2D eigenvalue weighted by Crippen LogP contribution is 2.34. The van der Waals surface area contributed by atoms with Crippen LogP contribution in [0.3, 0.4) is 0 Å². The third-order valence-electron chi connectivity index (χ3n) is 1.70. The zero-order valence-corrected chi connectivity index (χ0v) is 7.84. The third kappa shape index (κ3) is 1.26. The second-order valence-electron chi connectivity index (χ2n) is 2.37. The highest BCUT2D eigenvalue weighted by molar-refractivity contribution is 9.09. The van der Waals surface area contributed by atoms with Crippen molar-refractivity contribution in [1.82, 2.24) is 4.42 Å². The number of alkyl halides is 1. The van der Waals surface area contributed by atoms with E-state index in [0.717, 1.165) is 4.42 Å². The molecule has 11 heavy (non-hydrogen) atoms. The molecule has 1 aliphatic heterocycles. The molecule has 2 N–H and O–H groups in total. The van der Waals surface area contributed by atoms with Crippen LogP contribution in [0.2, 0.25) is 0 Å². The molecule has 1 rings (SSSR count). The smallest absolute Gasteiger partial charge is 0.353 e. The molecule has 1 fully saturated rings. The van der Waals surface area contributed by atoms with Gasteiger partial charge < -0.3 is 10.2 Å². The Bertz CT molecular complexity index is 179. The number of carboxylic acids is 1. The van der Waals surface area contributed by atoms with Crippen LogP contribution in [-0.2, 0) is 4.79 Å². The lowest BCUT2D eigenvalue weighted by molar-refractivity contribution is -0.167. The molecule has 0 aliphatic carbocycles. The number of halogens is 2.